The Morgan fingerprint density at radius 1 is 1.38 bits per heavy atom. The standard InChI is InChI=1S/C10H7ClN4S/c1-15(10-9(11)13-16-14-10)8-5-3-2-4-7(8)6-12/h2-5H,1H3. The molecule has 1 heterocycles. The van der Waals surface area contributed by atoms with Gasteiger partial charge in [-0.3, -0.25) is 0 Å². The number of nitriles is 1. The molecule has 0 fully saturated rings. The lowest BCUT2D eigenvalue weighted by atomic mass is 10.2. The van der Waals surface area contributed by atoms with Gasteiger partial charge in [0.15, 0.2) is 11.0 Å². The molecule has 0 amide bonds. The molecule has 0 bridgehead atoms. The fourth-order valence-corrected chi connectivity index (χ4v) is 2.14. The molecule has 0 aliphatic rings. The first-order valence-electron chi connectivity index (χ1n) is 4.45. The lowest BCUT2D eigenvalue weighted by molar-refractivity contribution is 1.16. The van der Waals surface area contributed by atoms with Gasteiger partial charge in [-0.2, -0.15) is 14.0 Å². The van der Waals surface area contributed by atoms with E-state index in [9.17, 15) is 0 Å². The third-order valence-electron chi connectivity index (χ3n) is 2.14. The number of hydrogen-bond donors (Lipinski definition) is 0. The number of nitrogens with zero attached hydrogens (tertiary/aromatic N) is 4. The molecule has 0 radical (unpaired) electrons. The van der Waals surface area contributed by atoms with Crippen molar-refractivity contribution in [3.8, 4) is 6.07 Å². The predicted octanol–water partition coefficient (Wildman–Crippen LogP) is 2.83. The molecule has 1 aromatic heterocycles. The zero-order chi connectivity index (χ0) is 11.5. The summed E-state index contributed by atoms with van der Waals surface area (Å²) in [7, 11) is 1.80. The number of aromatic nitrogens is 2. The van der Waals surface area contributed by atoms with Gasteiger partial charge in [0.05, 0.1) is 23.0 Å². The monoisotopic (exact) mass is 250 g/mol. The van der Waals surface area contributed by atoms with Crippen LogP contribution in [0, 0.1) is 11.3 Å². The Morgan fingerprint density at radius 3 is 2.75 bits per heavy atom. The van der Waals surface area contributed by atoms with Gasteiger partial charge in [-0.1, -0.05) is 23.7 Å². The second-order valence-corrected chi connectivity index (χ2v) is 3.95. The van der Waals surface area contributed by atoms with Crippen molar-refractivity contribution < 1.29 is 0 Å². The van der Waals surface area contributed by atoms with Crippen molar-refractivity contribution in [2.45, 2.75) is 0 Å². The van der Waals surface area contributed by atoms with Gasteiger partial charge in [-0.15, -0.1) is 0 Å². The minimum atomic E-state index is 0.347. The van der Waals surface area contributed by atoms with Gasteiger partial charge < -0.3 is 4.90 Å². The summed E-state index contributed by atoms with van der Waals surface area (Å²) < 4.78 is 7.97. The molecule has 0 saturated heterocycles. The summed E-state index contributed by atoms with van der Waals surface area (Å²) >= 11 is 6.94. The van der Waals surface area contributed by atoms with Crippen molar-refractivity contribution in [3.05, 3.63) is 35.0 Å². The average Bonchev–Trinajstić information content (AvgIpc) is 2.74. The second-order valence-electron chi connectivity index (χ2n) is 3.07. The SMILES string of the molecule is CN(c1ccccc1C#N)c1nsnc1Cl. The van der Waals surface area contributed by atoms with Gasteiger partial charge in [-0.05, 0) is 12.1 Å². The Labute approximate surface area is 102 Å². The van der Waals surface area contributed by atoms with Crippen LogP contribution in [0.2, 0.25) is 5.15 Å². The van der Waals surface area contributed by atoms with Crippen molar-refractivity contribution in [3.63, 3.8) is 0 Å². The van der Waals surface area contributed by atoms with Crippen LogP contribution in [0.5, 0.6) is 0 Å². The molecule has 0 N–H and O–H groups in total. The van der Waals surface area contributed by atoms with Crippen LogP contribution in [0.15, 0.2) is 24.3 Å². The van der Waals surface area contributed by atoms with E-state index in [1.165, 1.54) is 0 Å². The van der Waals surface area contributed by atoms with Crippen molar-refractivity contribution >= 4 is 34.8 Å². The molecule has 0 unspecified atom stereocenters. The second kappa shape index (κ2) is 4.47. The smallest absolute Gasteiger partial charge is 0.187 e. The molecule has 1 aromatic carbocycles. The lowest BCUT2D eigenvalue weighted by Gasteiger charge is -2.17. The van der Waals surface area contributed by atoms with E-state index in [2.05, 4.69) is 14.8 Å². The molecule has 0 aliphatic carbocycles. The van der Waals surface area contributed by atoms with Crippen molar-refractivity contribution in [2.75, 3.05) is 11.9 Å². The van der Waals surface area contributed by atoms with Gasteiger partial charge in [-0.25, -0.2) is 0 Å². The molecule has 0 atom stereocenters. The highest BCUT2D eigenvalue weighted by molar-refractivity contribution is 6.99. The Balaban J connectivity index is 2.46. The number of halogens is 1. The summed E-state index contributed by atoms with van der Waals surface area (Å²) in [5.41, 5.74) is 1.34. The van der Waals surface area contributed by atoms with E-state index in [0.717, 1.165) is 17.4 Å². The van der Waals surface area contributed by atoms with Gasteiger partial charge in [0.2, 0.25) is 0 Å². The number of anilines is 2. The van der Waals surface area contributed by atoms with Crippen LogP contribution >= 0.6 is 23.3 Å². The zero-order valence-corrected chi connectivity index (χ0v) is 9.96. The summed E-state index contributed by atoms with van der Waals surface area (Å²) in [6, 6.07) is 9.40. The fraction of sp³-hybridized carbons (Fsp3) is 0.100. The van der Waals surface area contributed by atoms with Crippen LogP contribution in [-0.4, -0.2) is 15.8 Å². The van der Waals surface area contributed by atoms with Crippen LogP contribution < -0.4 is 4.90 Å². The van der Waals surface area contributed by atoms with E-state index in [1.807, 2.05) is 18.2 Å². The molecule has 2 rings (SSSR count). The molecule has 0 aliphatic heterocycles. The Hall–Kier alpha value is -1.64. The first kappa shape index (κ1) is 10.9. The Morgan fingerprint density at radius 2 is 2.12 bits per heavy atom. The van der Waals surface area contributed by atoms with Crippen molar-refractivity contribution in [1.29, 1.82) is 5.26 Å². The van der Waals surface area contributed by atoms with Crippen LogP contribution in [0.4, 0.5) is 11.5 Å². The highest BCUT2D eigenvalue weighted by Gasteiger charge is 2.14. The minimum Gasteiger partial charge on any atom is -0.325 e. The van der Waals surface area contributed by atoms with Gasteiger partial charge >= 0.3 is 0 Å². The van der Waals surface area contributed by atoms with Crippen molar-refractivity contribution in [2.24, 2.45) is 0 Å². The molecule has 0 saturated carbocycles. The molecule has 80 valence electrons. The Kier molecular flexibility index (Phi) is 3.04. The molecule has 0 spiro atoms. The van der Waals surface area contributed by atoms with Crippen molar-refractivity contribution in [1.82, 2.24) is 8.75 Å². The number of hydrogen-bond acceptors (Lipinski definition) is 5. The molecular weight excluding hydrogens is 244 g/mol. The molecule has 4 nitrogen and oxygen atoms in total. The third-order valence-corrected chi connectivity index (χ3v) is 3.01. The van der Waals surface area contributed by atoms with E-state index in [1.54, 1.807) is 18.0 Å². The van der Waals surface area contributed by atoms with Gasteiger partial charge in [0.25, 0.3) is 0 Å². The molecule has 2 aromatic rings. The normalized spacial score (nSPS) is 9.81. The maximum atomic E-state index is 8.99. The minimum absolute atomic E-state index is 0.347. The number of para-hydroxylation sites is 1. The first-order valence-corrected chi connectivity index (χ1v) is 5.55. The first-order chi connectivity index (χ1) is 7.74. The third kappa shape index (κ3) is 1.85. The topological polar surface area (TPSA) is 52.8 Å². The zero-order valence-electron chi connectivity index (χ0n) is 8.38. The van der Waals surface area contributed by atoms with E-state index >= 15 is 0 Å². The lowest BCUT2D eigenvalue weighted by Crippen LogP contribution is -2.11. The van der Waals surface area contributed by atoms with E-state index in [-0.39, 0.29) is 0 Å². The van der Waals surface area contributed by atoms with Gasteiger partial charge in [0, 0.05) is 7.05 Å². The maximum Gasteiger partial charge on any atom is 0.187 e. The summed E-state index contributed by atoms with van der Waals surface area (Å²) in [4.78, 5) is 1.75. The highest BCUT2D eigenvalue weighted by atomic mass is 35.5. The van der Waals surface area contributed by atoms with E-state index in [4.69, 9.17) is 16.9 Å². The quantitative estimate of drug-likeness (QED) is 0.822. The summed E-state index contributed by atoms with van der Waals surface area (Å²) in [6.07, 6.45) is 0. The van der Waals surface area contributed by atoms with E-state index < -0.39 is 0 Å². The highest BCUT2D eigenvalue weighted by Crippen LogP contribution is 2.30. The van der Waals surface area contributed by atoms with Gasteiger partial charge in [0.1, 0.15) is 6.07 Å². The largest absolute Gasteiger partial charge is 0.325 e. The van der Waals surface area contributed by atoms with Crippen LogP contribution in [0.25, 0.3) is 0 Å². The molecular formula is C10H7ClN4S. The summed E-state index contributed by atoms with van der Waals surface area (Å²) in [6.45, 7) is 0. The summed E-state index contributed by atoms with van der Waals surface area (Å²) in [5, 5.41) is 9.34. The number of rotatable bonds is 2. The predicted molar refractivity (Wildman–Crippen MR) is 64.1 cm³/mol. The fourth-order valence-electron chi connectivity index (χ4n) is 1.35. The van der Waals surface area contributed by atoms with Crippen LogP contribution in [0.1, 0.15) is 5.56 Å². The summed E-state index contributed by atoms with van der Waals surface area (Å²) in [5.74, 6) is 0.564. The number of benzene rings is 1. The Bertz CT molecular complexity index is 546. The van der Waals surface area contributed by atoms with Crippen LogP contribution in [0.3, 0.4) is 0 Å². The average molecular weight is 251 g/mol. The molecule has 6 heteroatoms. The van der Waals surface area contributed by atoms with Crippen LogP contribution in [-0.2, 0) is 0 Å². The maximum absolute atomic E-state index is 8.99. The molecule has 16 heavy (non-hydrogen) atoms. The van der Waals surface area contributed by atoms with E-state index in [0.29, 0.717) is 16.5 Å².